The number of aromatic nitrogens is 3. The van der Waals surface area contributed by atoms with E-state index in [1.54, 1.807) is 12.7 Å². The summed E-state index contributed by atoms with van der Waals surface area (Å²) in [6.07, 6.45) is 7.42. The highest BCUT2D eigenvalue weighted by Gasteiger charge is 2.24. The topological polar surface area (TPSA) is 42.7 Å². The fourth-order valence-corrected chi connectivity index (χ4v) is 2.42. The van der Waals surface area contributed by atoms with Gasteiger partial charge in [0, 0.05) is 12.1 Å². The molecule has 0 amide bonds. The summed E-state index contributed by atoms with van der Waals surface area (Å²) in [5.41, 5.74) is 0. The Balaban J connectivity index is 1.79. The van der Waals surface area contributed by atoms with Crippen molar-refractivity contribution in [2.45, 2.75) is 51.7 Å². The Labute approximate surface area is 91.1 Å². The zero-order chi connectivity index (χ0) is 10.7. The van der Waals surface area contributed by atoms with E-state index in [-0.39, 0.29) is 0 Å². The lowest BCUT2D eigenvalue weighted by Crippen LogP contribution is -2.40. The highest BCUT2D eigenvalue weighted by molar-refractivity contribution is 4.82. The van der Waals surface area contributed by atoms with Crippen molar-refractivity contribution in [2.24, 2.45) is 5.92 Å². The Morgan fingerprint density at radius 3 is 3.00 bits per heavy atom. The predicted octanol–water partition coefficient (Wildman–Crippen LogP) is 1.44. The van der Waals surface area contributed by atoms with E-state index in [0.29, 0.717) is 12.1 Å². The Kier molecular flexibility index (Phi) is 3.36. The van der Waals surface area contributed by atoms with Crippen molar-refractivity contribution in [1.29, 1.82) is 0 Å². The zero-order valence-electron chi connectivity index (χ0n) is 9.56. The molecule has 0 aromatic carbocycles. The van der Waals surface area contributed by atoms with Gasteiger partial charge in [0.1, 0.15) is 12.7 Å². The van der Waals surface area contributed by atoms with Crippen LogP contribution in [0.25, 0.3) is 0 Å². The van der Waals surface area contributed by atoms with Crippen molar-refractivity contribution in [2.75, 3.05) is 0 Å². The molecule has 0 bridgehead atoms. The van der Waals surface area contributed by atoms with Gasteiger partial charge in [-0.25, -0.2) is 4.98 Å². The zero-order valence-corrected chi connectivity index (χ0v) is 9.56. The molecule has 1 aromatic rings. The highest BCUT2D eigenvalue weighted by atomic mass is 15.3. The van der Waals surface area contributed by atoms with Crippen LogP contribution in [0.2, 0.25) is 0 Å². The van der Waals surface area contributed by atoms with Crippen LogP contribution in [0.1, 0.15) is 33.1 Å². The van der Waals surface area contributed by atoms with E-state index >= 15 is 0 Å². The molecule has 2 rings (SSSR count). The third kappa shape index (κ3) is 2.78. The van der Waals surface area contributed by atoms with Crippen LogP contribution < -0.4 is 5.32 Å². The summed E-state index contributed by atoms with van der Waals surface area (Å²) in [6.45, 7) is 5.46. The molecule has 0 radical (unpaired) electrons. The molecule has 1 heterocycles. The molecule has 1 N–H and O–H groups in total. The predicted molar refractivity (Wildman–Crippen MR) is 59.4 cm³/mol. The van der Waals surface area contributed by atoms with Crippen molar-refractivity contribution in [1.82, 2.24) is 20.1 Å². The van der Waals surface area contributed by atoms with E-state index in [4.69, 9.17) is 0 Å². The van der Waals surface area contributed by atoms with Crippen molar-refractivity contribution in [3.8, 4) is 0 Å². The van der Waals surface area contributed by atoms with Crippen LogP contribution in [0.5, 0.6) is 0 Å². The molecular weight excluding hydrogens is 188 g/mol. The summed E-state index contributed by atoms with van der Waals surface area (Å²) in [6, 6.07) is 1.17. The molecule has 0 spiro atoms. The number of rotatable bonds is 4. The van der Waals surface area contributed by atoms with Gasteiger partial charge in [-0.2, -0.15) is 5.10 Å². The lowest BCUT2D eigenvalue weighted by molar-refractivity contribution is 0.351. The molecule has 4 nitrogen and oxygen atoms in total. The van der Waals surface area contributed by atoms with Gasteiger partial charge in [0.15, 0.2) is 0 Å². The summed E-state index contributed by atoms with van der Waals surface area (Å²) in [5, 5.41) is 7.79. The largest absolute Gasteiger partial charge is 0.309 e. The molecule has 0 aliphatic heterocycles. The first-order chi connectivity index (χ1) is 7.25. The Morgan fingerprint density at radius 1 is 1.53 bits per heavy atom. The van der Waals surface area contributed by atoms with E-state index in [9.17, 15) is 0 Å². The SMILES string of the molecule is CC(Cn1cncn1)NC1CCCC1C. The van der Waals surface area contributed by atoms with Crippen molar-refractivity contribution in [3.63, 3.8) is 0 Å². The average molecular weight is 208 g/mol. The standard InChI is InChI=1S/C11H20N4/c1-9-4-3-5-11(9)14-10(2)6-15-8-12-7-13-15/h7-11,14H,3-6H2,1-2H3. The molecule has 84 valence electrons. The van der Waals surface area contributed by atoms with E-state index in [1.165, 1.54) is 19.3 Å². The molecule has 1 aliphatic carbocycles. The Hall–Kier alpha value is -0.900. The van der Waals surface area contributed by atoms with Crippen molar-refractivity contribution >= 4 is 0 Å². The van der Waals surface area contributed by atoms with Crippen LogP contribution in [0.3, 0.4) is 0 Å². The van der Waals surface area contributed by atoms with E-state index in [0.717, 1.165) is 12.5 Å². The van der Waals surface area contributed by atoms with Crippen molar-refractivity contribution < 1.29 is 0 Å². The van der Waals surface area contributed by atoms with Crippen LogP contribution in [0.4, 0.5) is 0 Å². The second-order valence-corrected chi connectivity index (χ2v) is 4.70. The van der Waals surface area contributed by atoms with Gasteiger partial charge in [0.2, 0.25) is 0 Å². The molecule has 1 fully saturated rings. The van der Waals surface area contributed by atoms with E-state index in [2.05, 4.69) is 29.2 Å². The van der Waals surface area contributed by atoms with Gasteiger partial charge in [-0.15, -0.1) is 0 Å². The first-order valence-corrected chi connectivity index (χ1v) is 5.84. The Morgan fingerprint density at radius 2 is 2.40 bits per heavy atom. The molecule has 1 aromatic heterocycles. The maximum atomic E-state index is 4.12. The molecule has 1 aliphatic rings. The number of hydrogen-bond donors (Lipinski definition) is 1. The summed E-state index contributed by atoms with van der Waals surface area (Å²) in [4.78, 5) is 3.95. The summed E-state index contributed by atoms with van der Waals surface area (Å²) >= 11 is 0. The lowest BCUT2D eigenvalue weighted by atomic mass is 10.1. The number of nitrogens with zero attached hydrogens (tertiary/aromatic N) is 3. The van der Waals surface area contributed by atoms with Gasteiger partial charge >= 0.3 is 0 Å². The summed E-state index contributed by atoms with van der Waals surface area (Å²) in [5.74, 6) is 0.822. The monoisotopic (exact) mass is 208 g/mol. The molecule has 15 heavy (non-hydrogen) atoms. The van der Waals surface area contributed by atoms with Crippen LogP contribution in [0.15, 0.2) is 12.7 Å². The van der Waals surface area contributed by atoms with Crippen LogP contribution in [-0.2, 0) is 6.54 Å². The average Bonchev–Trinajstić information content (AvgIpc) is 2.79. The second-order valence-electron chi connectivity index (χ2n) is 4.70. The quantitative estimate of drug-likeness (QED) is 0.814. The maximum Gasteiger partial charge on any atom is 0.137 e. The highest BCUT2D eigenvalue weighted by Crippen LogP contribution is 2.25. The van der Waals surface area contributed by atoms with Crippen LogP contribution in [0, 0.1) is 5.92 Å². The first kappa shape index (κ1) is 10.6. The normalized spacial score (nSPS) is 28.1. The van der Waals surface area contributed by atoms with Gasteiger partial charge in [-0.1, -0.05) is 13.3 Å². The van der Waals surface area contributed by atoms with Gasteiger partial charge in [-0.05, 0) is 25.7 Å². The minimum Gasteiger partial charge on any atom is -0.309 e. The third-order valence-corrected chi connectivity index (χ3v) is 3.29. The van der Waals surface area contributed by atoms with Crippen LogP contribution in [-0.4, -0.2) is 26.8 Å². The van der Waals surface area contributed by atoms with Gasteiger partial charge in [0.25, 0.3) is 0 Å². The molecule has 0 saturated heterocycles. The summed E-state index contributed by atoms with van der Waals surface area (Å²) in [7, 11) is 0. The van der Waals surface area contributed by atoms with E-state index < -0.39 is 0 Å². The summed E-state index contributed by atoms with van der Waals surface area (Å²) < 4.78 is 1.89. The van der Waals surface area contributed by atoms with E-state index in [1.807, 2.05) is 4.68 Å². The molecule has 4 heteroatoms. The van der Waals surface area contributed by atoms with Gasteiger partial charge < -0.3 is 5.32 Å². The minimum atomic E-state index is 0.470. The lowest BCUT2D eigenvalue weighted by Gasteiger charge is -2.22. The number of hydrogen-bond acceptors (Lipinski definition) is 3. The fraction of sp³-hybridized carbons (Fsp3) is 0.818. The minimum absolute atomic E-state index is 0.470. The first-order valence-electron chi connectivity index (χ1n) is 5.84. The van der Waals surface area contributed by atoms with Gasteiger partial charge in [-0.3, -0.25) is 4.68 Å². The smallest absolute Gasteiger partial charge is 0.137 e. The molecule has 3 unspecified atom stereocenters. The van der Waals surface area contributed by atoms with Crippen LogP contribution >= 0.6 is 0 Å². The van der Waals surface area contributed by atoms with Crippen molar-refractivity contribution in [3.05, 3.63) is 12.7 Å². The fourth-order valence-electron chi connectivity index (χ4n) is 2.42. The third-order valence-electron chi connectivity index (χ3n) is 3.29. The maximum absolute atomic E-state index is 4.12. The molecule has 3 atom stereocenters. The molecule has 1 saturated carbocycles. The number of nitrogens with one attached hydrogen (secondary N) is 1. The molecular formula is C11H20N4. The van der Waals surface area contributed by atoms with Gasteiger partial charge in [0.05, 0.1) is 6.54 Å². The Bertz CT molecular complexity index is 283. The second kappa shape index (κ2) is 4.75.